The Balaban J connectivity index is 0.000000463. The molecule has 24 heteroatoms. The molecule has 356 valence electrons. The van der Waals surface area contributed by atoms with Gasteiger partial charge in [0.05, 0.1) is 14.2 Å². The first-order chi connectivity index (χ1) is 30.1. The van der Waals surface area contributed by atoms with Gasteiger partial charge in [0.25, 0.3) is 0 Å². The lowest BCUT2D eigenvalue weighted by Crippen LogP contribution is -2.54. The summed E-state index contributed by atoms with van der Waals surface area (Å²) in [5.74, 6) is -1.27. The minimum absolute atomic E-state index is 0.140. The maximum Gasteiger partial charge on any atom is 0.407 e. The third-order valence-corrected chi connectivity index (χ3v) is 10.5. The molecule has 0 bridgehead atoms. The van der Waals surface area contributed by atoms with Gasteiger partial charge in [0.2, 0.25) is 17.7 Å². The summed E-state index contributed by atoms with van der Waals surface area (Å²) in [6.07, 6.45) is 6.83. The zero-order valence-electron chi connectivity index (χ0n) is 36.3. The Morgan fingerprint density at radius 3 is 1.50 bits per heavy atom. The van der Waals surface area contributed by atoms with Crippen molar-refractivity contribution in [3.05, 3.63) is 45.6 Å². The Hall–Kier alpha value is -4.64. The van der Waals surface area contributed by atoms with Crippen molar-refractivity contribution in [1.29, 1.82) is 0 Å². The highest BCUT2D eigenvalue weighted by atomic mass is 79.9. The number of nitrogens with two attached hydrogens (primary N) is 1. The van der Waals surface area contributed by atoms with E-state index in [0.29, 0.717) is 44.0 Å². The Bertz CT molecular complexity index is 1800. The largest absolute Gasteiger partial charge is 0.480 e. The minimum Gasteiger partial charge on any atom is -0.480 e. The summed E-state index contributed by atoms with van der Waals surface area (Å²) < 4.78 is 15.8. The number of nitrogens with one attached hydrogen (secondary N) is 3. The van der Waals surface area contributed by atoms with Gasteiger partial charge in [0, 0.05) is 47.6 Å². The number of rotatable bonds is 10. The zero-order valence-corrected chi connectivity index (χ0v) is 41.0. The van der Waals surface area contributed by atoms with E-state index >= 15 is 0 Å². The van der Waals surface area contributed by atoms with Gasteiger partial charge in [-0.15, -0.1) is 0 Å². The topological polar surface area (TPSA) is 279 Å². The number of carbonyl (C=O) groups excluding carboxylic acids is 7. The Morgan fingerprint density at radius 1 is 0.734 bits per heavy atom. The lowest BCUT2D eigenvalue weighted by molar-refractivity contribution is -0.149. The van der Waals surface area contributed by atoms with E-state index < -0.39 is 52.8 Å². The number of pyridine rings is 2. The van der Waals surface area contributed by atoms with Crippen LogP contribution in [0, 0.1) is 11.8 Å². The second kappa shape index (κ2) is 30.5. The van der Waals surface area contributed by atoms with Crippen LogP contribution in [0.4, 0.5) is 21.2 Å². The second-order valence-corrected chi connectivity index (χ2v) is 17.1. The first-order valence-electron chi connectivity index (χ1n) is 19.9. The van der Waals surface area contributed by atoms with Crippen LogP contribution >= 0.6 is 55.1 Å². The molecule has 3 saturated heterocycles. The predicted molar refractivity (Wildman–Crippen MR) is 244 cm³/mol. The van der Waals surface area contributed by atoms with Gasteiger partial charge in [-0.2, -0.15) is 0 Å². The van der Waals surface area contributed by atoms with Crippen LogP contribution in [0.2, 0.25) is 0 Å². The summed E-state index contributed by atoms with van der Waals surface area (Å²) in [6.45, 7) is 10.1. The molecule has 5 amide bonds. The van der Waals surface area contributed by atoms with Crippen LogP contribution in [0.5, 0.6) is 0 Å². The number of methoxy groups -OCH3 is 2. The van der Waals surface area contributed by atoms with Gasteiger partial charge < -0.3 is 50.8 Å². The number of alkyl carbamates (subject to hydrolysis) is 2. The number of nitrogen functional groups attached to an aromatic ring is 1. The number of halogens is 4. The highest BCUT2D eigenvalue weighted by molar-refractivity contribution is 9.10. The molecule has 0 spiro atoms. The van der Waals surface area contributed by atoms with Gasteiger partial charge in [-0.25, -0.2) is 24.4 Å². The first-order valence-corrected chi connectivity index (χ1v) is 22.3. The van der Waals surface area contributed by atoms with Crippen molar-refractivity contribution in [2.45, 2.75) is 90.4 Å². The molecule has 20 nitrogen and oxygen atoms in total. The SMILES string of the molecule is C1CCOC1.COC(=O)N[C@H](C(=O)N1CCC[C@H]1C(=O)Nc1ccc(Br)cn1)C(C)C.COC(=O)N[C@H](C(=O)N1CCC[C@H]1C(=O)O)C(C)C.Nc1ccc(Br)cn1.O=C(Cl)C(=O)Cl. The van der Waals surface area contributed by atoms with Crippen LogP contribution in [0.1, 0.15) is 66.2 Å². The molecule has 2 aromatic heterocycles. The lowest BCUT2D eigenvalue weighted by Gasteiger charge is -2.30. The Labute approximate surface area is 398 Å². The highest BCUT2D eigenvalue weighted by Crippen LogP contribution is 2.23. The molecule has 0 saturated carbocycles. The predicted octanol–water partition coefficient (Wildman–Crippen LogP) is 5.34. The Kier molecular flexibility index (Phi) is 27.3. The molecule has 3 fully saturated rings. The van der Waals surface area contributed by atoms with E-state index in [1.807, 2.05) is 19.9 Å². The maximum atomic E-state index is 12.9. The fourth-order valence-corrected chi connectivity index (χ4v) is 6.37. The summed E-state index contributed by atoms with van der Waals surface area (Å²) in [5.41, 5.74) is 5.29. The van der Waals surface area contributed by atoms with E-state index in [0.717, 1.165) is 28.6 Å². The summed E-state index contributed by atoms with van der Waals surface area (Å²) in [6, 6.07) is 4.14. The number of nitrogens with zero attached hydrogens (tertiary/aromatic N) is 4. The van der Waals surface area contributed by atoms with E-state index in [1.165, 1.54) is 36.9 Å². The van der Waals surface area contributed by atoms with Crippen molar-refractivity contribution >= 4 is 113 Å². The fourth-order valence-electron chi connectivity index (χ4n) is 5.90. The smallest absolute Gasteiger partial charge is 0.407 e. The number of amides is 5. The second-order valence-electron chi connectivity index (χ2n) is 14.6. The molecule has 2 aromatic rings. The third kappa shape index (κ3) is 21.4. The van der Waals surface area contributed by atoms with Crippen LogP contribution in [0.25, 0.3) is 0 Å². The van der Waals surface area contributed by atoms with Crippen LogP contribution < -0.4 is 21.7 Å². The fraction of sp³-hybridized carbons (Fsp3) is 0.550. The molecule has 64 heavy (non-hydrogen) atoms. The molecule has 3 aliphatic rings. The molecular formula is C40H56Br2Cl2N8O12. The molecule has 5 rings (SSSR count). The number of hydrogen-bond acceptors (Lipinski definition) is 14. The van der Waals surface area contributed by atoms with E-state index in [-0.39, 0.29) is 29.6 Å². The highest BCUT2D eigenvalue weighted by Gasteiger charge is 2.40. The molecule has 0 radical (unpaired) electrons. The average molecular weight is 1070 g/mol. The average Bonchev–Trinajstić information content (AvgIpc) is 4.08. The van der Waals surface area contributed by atoms with Crippen molar-refractivity contribution in [3.63, 3.8) is 0 Å². The van der Waals surface area contributed by atoms with Crippen molar-refractivity contribution in [1.82, 2.24) is 30.4 Å². The lowest BCUT2D eigenvalue weighted by atomic mass is 10.0. The monoisotopic (exact) mass is 1070 g/mol. The number of likely N-dealkylation sites (tertiary alicyclic amines) is 2. The summed E-state index contributed by atoms with van der Waals surface area (Å²) in [7, 11) is 2.46. The third-order valence-electron chi connectivity index (χ3n) is 9.15. The number of carbonyl (C=O) groups is 8. The molecule has 3 aliphatic heterocycles. The number of aromatic nitrogens is 2. The van der Waals surface area contributed by atoms with Crippen molar-refractivity contribution < 1.29 is 57.7 Å². The van der Waals surface area contributed by atoms with Crippen molar-refractivity contribution in [2.75, 3.05) is 51.6 Å². The normalized spacial score (nSPS) is 16.9. The van der Waals surface area contributed by atoms with Gasteiger partial charge >= 0.3 is 28.6 Å². The van der Waals surface area contributed by atoms with Gasteiger partial charge in [-0.1, -0.05) is 27.7 Å². The summed E-state index contributed by atoms with van der Waals surface area (Å²) >= 11 is 15.5. The van der Waals surface area contributed by atoms with Crippen LogP contribution in [0.15, 0.2) is 45.6 Å². The molecule has 0 aromatic carbocycles. The minimum atomic E-state index is -1.14. The number of anilines is 2. The first kappa shape index (κ1) is 57.4. The molecule has 4 atom stereocenters. The van der Waals surface area contributed by atoms with Crippen LogP contribution in [0.3, 0.4) is 0 Å². The Morgan fingerprint density at radius 2 is 1.17 bits per heavy atom. The molecule has 6 N–H and O–H groups in total. The van der Waals surface area contributed by atoms with Gasteiger partial charge in [0.15, 0.2) is 0 Å². The molecule has 0 aliphatic carbocycles. The van der Waals surface area contributed by atoms with Crippen LogP contribution in [-0.2, 0) is 43.0 Å². The van der Waals surface area contributed by atoms with Crippen molar-refractivity contribution in [2.24, 2.45) is 11.8 Å². The van der Waals surface area contributed by atoms with Gasteiger partial charge in [-0.05, 0) is 130 Å². The number of carboxylic acids is 1. The van der Waals surface area contributed by atoms with Gasteiger partial charge in [0.1, 0.15) is 35.8 Å². The van der Waals surface area contributed by atoms with Crippen LogP contribution in [-0.4, -0.2) is 136 Å². The molecule has 0 unspecified atom stereocenters. The number of ether oxygens (including phenoxy) is 3. The van der Waals surface area contributed by atoms with E-state index in [1.54, 1.807) is 44.4 Å². The summed E-state index contributed by atoms with van der Waals surface area (Å²) in [4.78, 5) is 101. The number of carboxylic acid groups (broad SMARTS) is 1. The summed E-state index contributed by atoms with van der Waals surface area (Å²) in [5, 5.41) is 14.5. The van der Waals surface area contributed by atoms with E-state index in [4.69, 9.17) is 15.6 Å². The quantitative estimate of drug-likeness (QED) is 0.148. The van der Waals surface area contributed by atoms with Gasteiger partial charge in [-0.3, -0.25) is 24.0 Å². The number of hydrogen-bond donors (Lipinski definition) is 5. The maximum absolute atomic E-state index is 12.9. The standard InChI is InChI=1S/C17H23BrN4O4.C12H20N2O5.C5H5BrN2.C4H8O.C2Cl2O2/c1-10(2)14(21-17(25)26-3)16(24)22-8-4-5-12(22)15(23)20-13-7-6-11(18)9-19-13;1-7(2)9(13-12(18)19-3)10(15)14-6-4-5-8(14)11(16)17;6-4-1-2-5(7)8-3-4;1-2-4-5-3-1;3-1(5)2(4)6/h6-7,9-10,12,14H,4-5,8H2,1-3H3,(H,21,25)(H,19,20,23);7-9H,4-6H2,1-3H3,(H,13,18)(H,16,17);1-3H,(H2,7,8);1-4H2;/t12-,14-;8-,9-;;;/m00.../s1. The van der Waals surface area contributed by atoms with Crippen molar-refractivity contribution in [3.8, 4) is 0 Å². The number of aliphatic carboxylic acids is 1. The molecular weight excluding hydrogens is 1020 g/mol. The zero-order chi connectivity index (χ0) is 48.5. The van der Waals surface area contributed by atoms with E-state index in [9.17, 15) is 38.4 Å². The van der Waals surface area contributed by atoms with E-state index in [2.05, 4.69) is 90.5 Å². The molecule has 5 heterocycles.